The third-order valence-corrected chi connectivity index (χ3v) is 2.76. The van der Waals surface area contributed by atoms with Crippen molar-refractivity contribution in [1.82, 2.24) is 16.0 Å². The van der Waals surface area contributed by atoms with E-state index in [2.05, 4.69) is 16.0 Å². The molecule has 1 unspecified atom stereocenters. The molecule has 0 bridgehead atoms. The molecule has 0 aliphatic heterocycles. The Bertz CT molecular complexity index is 336. The molecule has 0 spiro atoms. The molecule has 0 aliphatic rings. The van der Waals surface area contributed by atoms with Crippen molar-refractivity contribution >= 4 is 17.9 Å². The molecule has 0 aliphatic carbocycles. The Labute approximate surface area is 124 Å². The molecule has 4 N–H and O–H groups in total. The number of rotatable bonds is 11. The number of urea groups is 1. The van der Waals surface area contributed by atoms with Crippen molar-refractivity contribution in [2.75, 3.05) is 33.4 Å². The fraction of sp³-hybridized carbons (Fsp3) is 0.769. The molecule has 0 aromatic heterocycles. The largest absolute Gasteiger partial charge is 0.481 e. The quantitative estimate of drug-likeness (QED) is 0.399. The van der Waals surface area contributed by atoms with Crippen LogP contribution in [0, 0.1) is 5.92 Å². The number of nitrogens with one attached hydrogen (secondary N) is 3. The lowest BCUT2D eigenvalue weighted by atomic mass is 10.0. The van der Waals surface area contributed by atoms with Crippen molar-refractivity contribution in [3.8, 4) is 0 Å². The van der Waals surface area contributed by atoms with Crippen LogP contribution in [0.3, 0.4) is 0 Å². The van der Waals surface area contributed by atoms with E-state index in [1.165, 1.54) is 0 Å². The van der Waals surface area contributed by atoms with Gasteiger partial charge in [-0.1, -0.05) is 13.3 Å². The summed E-state index contributed by atoms with van der Waals surface area (Å²) in [6.07, 6.45) is 1.41. The second-order valence-corrected chi connectivity index (χ2v) is 4.55. The van der Waals surface area contributed by atoms with Crippen LogP contribution in [0.1, 0.15) is 26.2 Å². The third-order valence-electron chi connectivity index (χ3n) is 2.76. The van der Waals surface area contributed by atoms with E-state index < -0.39 is 17.9 Å². The standard InChI is InChI=1S/C13H25N3O5/c1-3-4-10(12(18)19)9-16-13(20)15-6-5-11(17)14-7-8-21-2/h10H,3-9H2,1-2H3,(H,14,17)(H,18,19)(H2,15,16,20). The highest BCUT2D eigenvalue weighted by atomic mass is 16.5. The minimum atomic E-state index is -0.922. The average Bonchev–Trinajstić information content (AvgIpc) is 2.43. The third kappa shape index (κ3) is 10.6. The van der Waals surface area contributed by atoms with Gasteiger partial charge in [-0.3, -0.25) is 9.59 Å². The summed E-state index contributed by atoms with van der Waals surface area (Å²) in [5, 5.41) is 16.6. The minimum absolute atomic E-state index is 0.0784. The summed E-state index contributed by atoms with van der Waals surface area (Å²) in [6.45, 7) is 3.02. The second-order valence-electron chi connectivity index (χ2n) is 4.55. The number of methoxy groups -OCH3 is 1. The lowest BCUT2D eigenvalue weighted by Crippen LogP contribution is -2.41. The fourth-order valence-corrected chi connectivity index (χ4v) is 1.61. The molecule has 122 valence electrons. The van der Waals surface area contributed by atoms with Gasteiger partial charge in [0.1, 0.15) is 0 Å². The molecule has 0 saturated carbocycles. The first-order valence-corrected chi connectivity index (χ1v) is 7.01. The maximum Gasteiger partial charge on any atom is 0.314 e. The smallest absolute Gasteiger partial charge is 0.314 e. The van der Waals surface area contributed by atoms with E-state index >= 15 is 0 Å². The van der Waals surface area contributed by atoms with Gasteiger partial charge in [-0.05, 0) is 6.42 Å². The lowest BCUT2D eigenvalue weighted by Gasteiger charge is -2.13. The van der Waals surface area contributed by atoms with E-state index in [-0.39, 0.29) is 25.4 Å². The Kier molecular flexibility index (Phi) is 10.9. The molecular formula is C13H25N3O5. The van der Waals surface area contributed by atoms with Crippen LogP contribution in [0.5, 0.6) is 0 Å². The van der Waals surface area contributed by atoms with Gasteiger partial charge in [0.2, 0.25) is 5.91 Å². The van der Waals surface area contributed by atoms with E-state index in [1.54, 1.807) is 7.11 Å². The number of carboxylic acid groups (broad SMARTS) is 1. The molecular weight excluding hydrogens is 278 g/mol. The van der Waals surface area contributed by atoms with Crippen molar-refractivity contribution in [3.05, 3.63) is 0 Å². The lowest BCUT2D eigenvalue weighted by molar-refractivity contribution is -0.141. The van der Waals surface area contributed by atoms with E-state index in [9.17, 15) is 14.4 Å². The maximum atomic E-state index is 11.4. The van der Waals surface area contributed by atoms with E-state index in [4.69, 9.17) is 9.84 Å². The first-order valence-electron chi connectivity index (χ1n) is 7.01. The van der Waals surface area contributed by atoms with Gasteiger partial charge in [0.05, 0.1) is 12.5 Å². The van der Waals surface area contributed by atoms with E-state index in [0.29, 0.717) is 19.6 Å². The SMILES string of the molecule is CCCC(CNC(=O)NCCC(=O)NCCOC)C(=O)O. The fourth-order valence-electron chi connectivity index (χ4n) is 1.61. The molecule has 0 radical (unpaired) electrons. The van der Waals surface area contributed by atoms with Gasteiger partial charge >= 0.3 is 12.0 Å². The van der Waals surface area contributed by atoms with Crippen molar-refractivity contribution < 1.29 is 24.2 Å². The molecule has 21 heavy (non-hydrogen) atoms. The summed E-state index contributed by atoms with van der Waals surface area (Å²) in [7, 11) is 1.54. The van der Waals surface area contributed by atoms with Gasteiger partial charge in [0.15, 0.2) is 0 Å². The zero-order chi connectivity index (χ0) is 16.1. The predicted octanol–water partition coefficient (Wildman–Crippen LogP) is -0.0608. The predicted molar refractivity (Wildman–Crippen MR) is 76.9 cm³/mol. The van der Waals surface area contributed by atoms with Crippen LogP contribution in [0.2, 0.25) is 0 Å². The minimum Gasteiger partial charge on any atom is -0.481 e. The van der Waals surface area contributed by atoms with Crippen LogP contribution in [0.25, 0.3) is 0 Å². The number of carbonyl (C=O) groups is 3. The molecule has 0 saturated heterocycles. The summed E-state index contributed by atoms with van der Waals surface area (Å²) in [5.74, 6) is -1.69. The molecule has 8 nitrogen and oxygen atoms in total. The van der Waals surface area contributed by atoms with Gasteiger partial charge in [0, 0.05) is 33.2 Å². The summed E-state index contributed by atoms with van der Waals surface area (Å²) in [6, 6.07) is -0.470. The average molecular weight is 303 g/mol. The maximum absolute atomic E-state index is 11.4. The molecule has 1 atom stereocenters. The second kappa shape index (κ2) is 12.0. The topological polar surface area (TPSA) is 117 Å². The van der Waals surface area contributed by atoms with Crippen molar-refractivity contribution in [3.63, 3.8) is 0 Å². The summed E-state index contributed by atoms with van der Waals surface area (Å²) in [5.41, 5.74) is 0. The number of hydrogen-bond donors (Lipinski definition) is 4. The number of amides is 3. The van der Waals surface area contributed by atoms with E-state index in [0.717, 1.165) is 6.42 Å². The van der Waals surface area contributed by atoms with Gasteiger partial charge < -0.3 is 25.8 Å². The number of carbonyl (C=O) groups excluding carboxylic acids is 2. The van der Waals surface area contributed by atoms with Crippen LogP contribution in [0.15, 0.2) is 0 Å². The molecule has 3 amide bonds. The van der Waals surface area contributed by atoms with Crippen LogP contribution >= 0.6 is 0 Å². The van der Waals surface area contributed by atoms with Crippen molar-refractivity contribution in [2.24, 2.45) is 5.92 Å². The van der Waals surface area contributed by atoms with Gasteiger partial charge in [-0.25, -0.2) is 4.79 Å². The highest BCUT2D eigenvalue weighted by Gasteiger charge is 2.16. The number of ether oxygens (including phenoxy) is 1. The highest BCUT2D eigenvalue weighted by molar-refractivity contribution is 5.78. The monoisotopic (exact) mass is 303 g/mol. The van der Waals surface area contributed by atoms with E-state index in [1.807, 2.05) is 6.92 Å². The molecule has 0 fully saturated rings. The van der Waals surface area contributed by atoms with Crippen LogP contribution < -0.4 is 16.0 Å². The van der Waals surface area contributed by atoms with Crippen molar-refractivity contribution in [1.29, 1.82) is 0 Å². The normalized spacial score (nSPS) is 11.5. The van der Waals surface area contributed by atoms with Crippen LogP contribution in [0.4, 0.5) is 4.79 Å². The number of carboxylic acids is 1. The summed E-state index contributed by atoms with van der Waals surface area (Å²) >= 11 is 0. The Hall–Kier alpha value is -1.83. The molecule has 0 aromatic rings. The number of aliphatic carboxylic acids is 1. The van der Waals surface area contributed by atoms with Gasteiger partial charge in [-0.2, -0.15) is 0 Å². The Balaban J connectivity index is 3.75. The highest BCUT2D eigenvalue weighted by Crippen LogP contribution is 2.04. The van der Waals surface area contributed by atoms with Gasteiger partial charge in [-0.15, -0.1) is 0 Å². The van der Waals surface area contributed by atoms with Crippen LogP contribution in [-0.4, -0.2) is 56.4 Å². The molecule has 8 heteroatoms. The molecule has 0 aromatic carbocycles. The Morgan fingerprint density at radius 1 is 1.14 bits per heavy atom. The molecule has 0 rings (SSSR count). The van der Waals surface area contributed by atoms with Crippen molar-refractivity contribution in [2.45, 2.75) is 26.2 Å². The van der Waals surface area contributed by atoms with Gasteiger partial charge in [0.25, 0.3) is 0 Å². The first kappa shape index (κ1) is 19.2. The number of hydrogen-bond acceptors (Lipinski definition) is 4. The zero-order valence-corrected chi connectivity index (χ0v) is 12.6. The Morgan fingerprint density at radius 2 is 1.86 bits per heavy atom. The molecule has 0 heterocycles. The zero-order valence-electron chi connectivity index (χ0n) is 12.6. The Morgan fingerprint density at radius 3 is 2.43 bits per heavy atom. The van der Waals surface area contributed by atoms with Crippen LogP contribution in [-0.2, 0) is 14.3 Å². The first-order chi connectivity index (χ1) is 10.0. The summed E-state index contributed by atoms with van der Waals surface area (Å²) < 4.78 is 4.79. The summed E-state index contributed by atoms with van der Waals surface area (Å²) in [4.78, 5) is 33.7.